The standard InChI is InChI=1S/C22H12N2O3S/c25-13-6-7-18-17(9-13)23-22-24(18)19(11-28-22)16-10-15-14-4-2-1-3-12(14)5-8-20(15)27-21(16)26/h1-11,25H. The van der Waals surface area contributed by atoms with E-state index in [1.54, 1.807) is 18.2 Å². The van der Waals surface area contributed by atoms with E-state index in [0.717, 1.165) is 32.3 Å². The molecule has 0 atom stereocenters. The highest BCUT2D eigenvalue weighted by molar-refractivity contribution is 7.15. The van der Waals surface area contributed by atoms with Crippen molar-refractivity contribution >= 4 is 49.1 Å². The van der Waals surface area contributed by atoms with Crippen LogP contribution in [0.5, 0.6) is 5.75 Å². The summed E-state index contributed by atoms with van der Waals surface area (Å²) < 4.78 is 7.59. The summed E-state index contributed by atoms with van der Waals surface area (Å²) in [6.45, 7) is 0. The van der Waals surface area contributed by atoms with Crippen LogP contribution in [0.15, 0.2) is 75.3 Å². The lowest BCUT2D eigenvalue weighted by Crippen LogP contribution is -2.04. The molecule has 6 aromatic rings. The zero-order valence-electron chi connectivity index (χ0n) is 14.4. The molecule has 0 fully saturated rings. The molecule has 3 aromatic carbocycles. The van der Waals surface area contributed by atoms with Gasteiger partial charge in [0.2, 0.25) is 0 Å². The summed E-state index contributed by atoms with van der Waals surface area (Å²) in [5, 5.41) is 14.7. The largest absolute Gasteiger partial charge is 0.508 e. The van der Waals surface area contributed by atoms with Gasteiger partial charge < -0.3 is 9.52 Å². The number of phenols is 1. The molecule has 3 heterocycles. The van der Waals surface area contributed by atoms with Gasteiger partial charge in [0, 0.05) is 16.8 Å². The summed E-state index contributed by atoms with van der Waals surface area (Å²) >= 11 is 1.45. The lowest BCUT2D eigenvalue weighted by atomic mass is 10.0. The molecule has 0 bridgehead atoms. The number of phenolic OH excluding ortho intramolecular Hbond substituents is 1. The second-order valence-corrected chi connectivity index (χ2v) is 7.51. The van der Waals surface area contributed by atoms with E-state index in [0.29, 0.717) is 16.7 Å². The van der Waals surface area contributed by atoms with Crippen LogP contribution in [0, 0.1) is 0 Å². The smallest absolute Gasteiger partial charge is 0.345 e. The van der Waals surface area contributed by atoms with Gasteiger partial charge in [-0.25, -0.2) is 9.78 Å². The van der Waals surface area contributed by atoms with Crippen LogP contribution in [0.3, 0.4) is 0 Å². The lowest BCUT2D eigenvalue weighted by Gasteiger charge is -2.05. The van der Waals surface area contributed by atoms with Gasteiger partial charge in [0.1, 0.15) is 11.3 Å². The van der Waals surface area contributed by atoms with Gasteiger partial charge in [-0.3, -0.25) is 4.40 Å². The normalized spacial score (nSPS) is 11.9. The van der Waals surface area contributed by atoms with Gasteiger partial charge in [-0.05, 0) is 35.0 Å². The van der Waals surface area contributed by atoms with Crippen LogP contribution in [0.1, 0.15) is 0 Å². The number of aromatic hydroxyl groups is 1. The van der Waals surface area contributed by atoms with Crippen LogP contribution in [-0.2, 0) is 0 Å². The van der Waals surface area contributed by atoms with E-state index in [1.165, 1.54) is 11.3 Å². The van der Waals surface area contributed by atoms with Gasteiger partial charge in [-0.2, -0.15) is 0 Å². The first-order valence-electron chi connectivity index (χ1n) is 8.74. The van der Waals surface area contributed by atoms with Crippen molar-refractivity contribution in [3.8, 4) is 17.0 Å². The third kappa shape index (κ3) is 2.06. The second-order valence-electron chi connectivity index (χ2n) is 6.67. The molecule has 0 amide bonds. The van der Waals surface area contributed by atoms with E-state index in [2.05, 4.69) is 4.98 Å². The molecule has 1 N–H and O–H groups in total. The van der Waals surface area contributed by atoms with E-state index < -0.39 is 0 Å². The third-order valence-electron chi connectivity index (χ3n) is 5.04. The first kappa shape index (κ1) is 15.4. The van der Waals surface area contributed by atoms with Gasteiger partial charge >= 0.3 is 5.63 Å². The highest BCUT2D eigenvalue weighted by atomic mass is 32.1. The Morgan fingerprint density at radius 3 is 2.82 bits per heavy atom. The summed E-state index contributed by atoms with van der Waals surface area (Å²) in [7, 11) is 0. The number of hydrogen-bond donors (Lipinski definition) is 1. The van der Waals surface area contributed by atoms with E-state index >= 15 is 0 Å². The monoisotopic (exact) mass is 384 g/mol. The van der Waals surface area contributed by atoms with Gasteiger partial charge in [0.05, 0.1) is 22.3 Å². The van der Waals surface area contributed by atoms with Crippen molar-refractivity contribution in [2.24, 2.45) is 0 Å². The molecule has 134 valence electrons. The van der Waals surface area contributed by atoms with Gasteiger partial charge in [0.15, 0.2) is 4.96 Å². The van der Waals surface area contributed by atoms with Crippen molar-refractivity contribution in [1.82, 2.24) is 9.38 Å². The van der Waals surface area contributed by atoms with Crippen LogP contribution in [0.4, 0.5) is 0 Å². The minimum absolute atomic E-state index is 0.163. The predicted octanol–water partition coefficient (Wildman–Crippen LogP) is 5.18. The van der Waals surface area contributed by atoms with E-state index in [9.17, 15) is 9.90 Å². The summed E-state index contributed by atoms with van der Waals surface area (Å²) in [6.07, 6.45) is 0. The molecule has 6 rings (SSSR count). The van der Waals surface area contributed by atoms with Crippen molar-refractivity contribution < 1.29 is 9.52 Å². The summed E-state index contributed by atoms with van der Waals surface area (Å²) in [6, 6.07) is 18.8. The molecule has 3 aromatic heterocycles. The van der Waals surface area contributed by atoms with Crippen molar-refractivity contribution in [2.45, 2.75) is 0 Å². The number of rotatable bonds is 1. The first-order chi connectivity index (χ1) is 13.7. The molecule has 28 heavy (non-hydrogen) atoms. The number of nitrogens with zero attached hydrogens (tertiary/aromatic N) is 2. The molecule has 0 aliphatic rings. The Balaban J connectivity index is 1.72. The average molecular weight is 384 g/mol. The zero-order chi connectivity index (χ0) is 18.8. The summed E-state index contributed by atoms with van der Waals surface area (Å²) in [4.78, 5) is 18.1. The Morgan fingerprint density at radius 1 is 1.00 bits per heavy atom. The Hall–Kier alpha value is -3.64. The van der Waals surface area contributed by atoms with Crippen LogP contribution < -0.4 is 5.63 Å². The molecular weight excluding hydrogens is 372 g/mol. The first-order valence-corrected chi connectivity index (χ1v) is 9.62. The van der Waals surface area contributed by atoms with Gasteiger partial charge in [-0.15, -0.1) is 11.3 Å². The number of thiazole rings is 1. The maximum atomic E-state index is 12.8. The molecule has 6 heteroatoms. The Bertz CT molecular complexity index is 1610. The van der Waals surface area contributed by atoms with Crippen LogP contribution >= 0.6 is 11.3 Å². The average Bonchev–Trinajstić information content (AvgIpc) is 3.26. The zero-order valence-corrected chi connectivity index (χ0v) is 15.2. The highest BCUT2D eigenvalue weighted by Crippen LogP contribution is 2.33. The number of imidazole rings is 1. The van der Waals surface area contributed by atoms with Crippen LogP contribution in [0.2, 0.25) is 0 Å². The molecule has 0 aliphatic heterocycles. The van der Waals surface area contributed by atoms with Gasteiger partial charge in [-0.1, -0.05) is 30.3 Å². The van der Waals surface area contributed by atoms with Crippen LogP contribution in [-0.4, -0.2) is 14.5 Å². The van der Waals surface area contributed by atoms with Crippen molar-refractivity contribution in [3.63, 3.8) is 0 Å². The van der Waals surface area contributed by atoms with E-state index in [4.69, 9.17) is 4.42 Å². The van der Waals surface area contributed by atoms with E-state index in [1.807, 2.05) is 52.2 Å². The summed E-state index contributed by atoms with van der Waals surface area (Å²) in [5.74, 6) is 0.163. The maximum absolute atomic E-state index is 12.8. The Morgan fingerprint density at radius 2 is 1.89 bits per heavy atom. The quantitative estimate of drug-likeness (QED) is 0.313. The fourth-order valence-corrected chi connectivity index (χ4v) is 4.66. The summed E-state index contributed by atoms with van der Waals surface area (Å²) in [5.41, 5.74) is 2.92. The third-order valence-corrected chi connectivity index (χ3v) is 5.87. The SMILES string of the molecule is O=c1oc2ccc3ccccc3c2cc1-c1csc2nc3cc(O)ccc3n12. The number of fused-ring (bicyclic) bond motifs is 6. The Kier molecular flexibility index (Phi) is 2.99. The highest BCUT2D eigenvalue weighted by Gasteiger charge is 2.17. The van der Waals surface area contributed by atoms with E-state index in [-0.39, 0.29) is 11.4 Å². The molecule has 0 aliphatic carbocycles. The molecular formula is C22H12N2O3S. The maximum Gasteiger partial charge on any atom is 0.345 e. The number of hydrogen-bond acceptors (Lipinski definition) is 5. The number of aromatic nitrogens is 2. The topological polar surface area (TPSA) is 67.7 Å². The molecule has 0 saturated carbocycles. The van der Waals surface area contributed by atoms with Crippen LogP contribution in [0.25, 0.3) is 49.0 Å². The number of benzene rings is 3. The predicted molar refractivity (Wildman–Crippen MR) is 111 cm³/mol. The molecule has 0 saturated heterocycles. The Labute approximate surface area is 161 Å². The minimum Gasteiger partial charge on any atom is -0.508 e. The fourth-order valence-electron chi connectivity index (χ4n) is 3.75. The fraction of sp³-hybridized carbons (Fsp3) is 0. The molecule has 0 radical (unpaired) electrons. The molecule has 5 nitrogen and oxygen atoms in total. The van der Waals surface area contributed by atoms with Crippen molar-refractivity contribution in [3.05, 3.63) is 76.5 Å². The molecule has 0 spiro atoms. The lowest BCUT2D eigenvalue weighted by molar-refractivity contribution is 0.476. The minimum atomic E-state index is -0.386. The van der Waals surface area contributed by atoms with Crippen molar-refractivity contribution in [2.75, 3.05) is 0 Å². The second kappa shape index (κ2) is 5.43. The van der Waals surface area contributed by atoms with Crippen molar-refractivity contribution in [1.29, 1.82) is 0 Å². The van der Waals surface area contributed by atoms with Gasteiger partial charge in [0.25, 0.3) is 0 Å². The molecule has 0 unspecified atom stereocenters.